The Balaban J connectivity index is 1.45. The number of hydrogen-bond donors (Lipinski definition) is 1. The zero-order valence-electron chi connectivity index (χ0n) is 24.1. The van der Waals surface area contributed by atoms with Gasteiger partial charge in [0.2, 0.25) is 0 Å². The van der Waals surface area contributed by atoms with Crippen molar-refractivity contribution in [3.63, 3.8) is 0 Å². The molecule has 4 unspecified atom stereocenters. The molecule has 12 heteroatoms. The van der Waals surface area contributed by atoms with Crippen molar-refractivity contribution in [3.8, 4) is 5.75 Å². The van der Waals surface area contributed by atoms with E-state index in [9.17, 15) is 37.5 Å². The molecular formula is C32H27ClF3N3O5. The maximum absolute atomic E-state index is 14.1. The van der Waals surface area contributed by atoms with Crippen LogP contribution in [-0.2, 0) is 25.4 Å². The summed E-state index contributed by atoms with van der Waals surface area (Å²) in [5, 5.41) is 12.0. The molecular weight excluding hydrogens is 599 g/mol. The van der Waals surface area contributed by atoms with Gasteiger partial charge in [0.15, 0.2) is 17.4 Å². The minimum absolute atomic E-state index is 0.0440. The molecule has 0 radical (unpaired) electrons. The van der Waals surface area contributed by atoms with Gasteiger partial charge in [-0.05, 0) is 74.4 Å². The molecule has 3 aliphatic carbocycles. The first-order chi connectivity index (χ1) is 20.6. The Morgan fingerprint density at radius 2 is 1.68 bits per heavy atom. The Bertz CT molecular complexity index is 1770. The standard InChI is InChI=1S/C32H27ClF3N3O5/c1-13-9-16(10-14(2)27(13)41)24-17-5-6-18-25(19(17)12-20-22(40)11-15(3)28(42)26(20)24)31(44)39(30(18)43)38(4)29-21(33)7-8-23(37-29)32(34,35)36/h5,7-11,18-19,24-25,41H,6,12H2,1-4H3. The van der Waals surface area contributed by atoms with Gasteiger partial charge in [-0.1, -0.05) is 35.4 Å². The van der Waals surface area contributed by atoms with Gasteiger partial charge in [0, 0.05) is 29.7 Å². The zero-order valence-corrected chi connectivity index (χ0v) is 24.9. The highest BCUT2D eigenvalue weighted by Crippen LogP contribution is 2.55. The van der Waals surface area contributed by atoms with Crippen molar-refractivity contribution in [2.45, 2.75) is 45.7 Å². The Morgan fingerprint density at radius 1 is 1.02 bits per heavy atom. The second kappa shape index (κ2) is 10.2. The fraction of sp³-hybridized carbons (Fsp3) is 0.344. The van der Waals surface area contributed by atoms with Crippen LogP contribution in [0.1, 0.15) is 48.1 Å². The number of carbonyl (C=O) groups is 4. The van der Waals surface area contributed by atoms with E-state index in [1.165, 1.54) is 13.1 Å². The molecule has 8 nitrogen and oxygen atoms in total. The van der Waals surface area contributed by atoms with Crippen molar-refractivity contribution in [3.05, 3.63) is 86.1 Å². The first-order valence-electron chi connectivity index (χ1n) is 14.0. The number of halogens is 4. The highest BCUT2D eigenvalue weighted by atomic mass is 35.5. The number of hydrogen-bond acceptors (Lipinski definition) is 7. The topological polar surface area (TPSA) is 108 Å². The lowest BCUT2D eigenvalue weighted by atomic mass is 9.59. The molecule has 1 aliphatic heterocycles. The van der Waals surface area contributed by atoms with Crippen molar-refractivity contribution in [1.29, 1.82) is 0 Å². The van der Waals surface area contributed by atoms with Crippen LogP contribution in [0.15, 0.2) is 58.7 Å². The van der Waals surface area contributed by atoms with Crippen LogP contribution < -0.4 is 5.01 Å². The van der Waals surface area contributed by atoms with Crippen molar-refractivity contribution in [1.82, 2.24) is 9.99 Å². The first kappa shape index (κ1) is 29.8. The number of aryl methyl sites for hydroxylation is 2. The number of fused-ring (bicyclic) bond motifs is 3. The van der Waals surface area contributed by atoms with Crippen LogP contribution in [0.2, 0.25) is 5.02 Å². The summed E-state index contributed by atoms with van der Waals surface area (Å²) in [7, 11) is 1.25. The number of phenols is 1. The predicted molar refractivity (Wildman–Crippen MR) is 153 cm³/mol. The molecule has 1 saturated heterocycles. The number of ketones is 2. The lowest BCUT2D eigenvalue weighted by Crippen LogP contribution is -2.46. The Labute approximate surface area is 255 Å². The minimum atomic E-state index is -4.78. The fourth-order valence-corrected chi connectivity index (χ4v) is 7.31. The average molecular weight is 626 g/mol. The van der Waals surface area contributed by atoms with E-state index in [1.807, 2.05) is 6.08 Å². The molecule has 6 rings (SSSR count). The number of hydrazine groups is 1. The summed E-state index contributed by atoms with van der Waals surface area (Å²) in [5.41, 5.74) is 2.19. The van der Waals surface area contributed by atoms with Crippen LogP contribution in [0.3, 0.4) is 0 Å². The number of aromatic nitrogens is 1. The van der Waals surface area contributed by atoms with Gasteiger partial charge in [-0.2, -0.15) is 18.2 Å². The lowest BCUT2D eigenvalue weighted by molar-refractivity contribution is -0.141. The molecule has 1 fully saturated rings. The number of imide groups is 1. The average Bonchev–Trinajstić information content (AvgIpc) is 3.22. The molecule has 4 atom stereocenters. The summed E-state index contributed by atoms with van der Waals surface area (Å²) >= 11 is 6.19. The number of nitrogens with zero attached hydrogens (tertiary/aromatic N) is 3. The third-order valence-corrected chi connectivity index (χ3v) is 9.41. The summed E-state index contributed by atoms with van der Waals surface area (Å²) in [4.78, 5) is 58.3. The summed E-state index contributed by atoms with van der Waals surface area (Å²) in [6.07, 6.45) is -1.48. The van der Waals surface area contributed by atoms with Gasteiger partial charge in [0.05, 0.1) is 16.9 Å². The van der Waals surface area contributed by atoms with Crippen molar-refractivity contribution in [2.75, 3.05) is 12.1 Å². The van der Waals surface area contributed by atoms with Gasteiger partial charge < -0.3 is 5.11 Å². The smallest absolute Gasteiger partial charge is 0.433 e. The molecule has 0 bridgehead atoms. The second-order valence-electron chi connectivity index (χ2n) is 11.7. The number of rotatable bonds is 3. The third-order valence-electron chi connectivity index (χ3n) is 9.11. The Morgan fingerprint density at radius 3 is 2.32 bits per heavy atom. The van der Waals surface area contributed by atoms with Crippen LogP contribution in [0.4, 0.5) is 19.0 Å². The maximum atomic E-state index is 14.1. The maximum Gasteiger partial charge on any atom is 0.433 e. The van der Waals surface area contributed by atoms with Gasteiger partial charge in [-0.3, -0.25) is 24.2 Å². The second-order valence-corrected chi connectivity index (χ2v) is 12.2. The molecule has 0 spiro atoms. The zero-order chi connectivity index (χ0) is 32.0. The van der Waals surface area contributed by atoms with E-state index < -0.39 is 53.2 Å². The van der Waals surface area contributed by atoms with Crippen LogP contribution in [0.25, 0.3) is 0 Å². The number of allylic oxidation sites excluding steroid dienone is 6. The molecule has 0 saturated carbocycles. The number of Topliss-reactive ketones (excluding diaryl/α,β-unsaturated/α-hetero) is 1. The summed E-state index contributed by atoms with van der Waals surface area (Å²) in [6.45, 7) is 5.03. The summed E-state index contributed by atoms with van der Waals surface area (Å²) in [5.74, 6) is -5.35. The summed E-state index contributed by atoms with van der Waals surface area (Å²) < 4.78 is 40.3. The largest absolute Gasteiger partial charge is 0.507 e. The molecule has 44 heavy (non-hydrogen) atoms. The molecule has 1 aromatic carbocycles. The quantitative estimate of drug-likeness (QED) is 0.270. The van der Waals surface area contributed by atoms with Gasteiger partial charge in [0.25, 0.3) is 11.8 Å². The molecule has 2 heterocycles. The van der Waals surface area contributed by atoms with E-state index in [0.29, 0.717) is 39.5 Å². The monoisotopic (exact) mass is 625 g/mol. The van der Waals surface area contributed by atoms with Gasteiger partial charge in [0.1, 0.15) is 11.4 Å². The fourth-order valence-electron chi connectivity index (χ4n) is 7.09. The van der Waals surface area contributed by atoms with Gasteiger partial charge in [-0.25, -0.2) is 4.98 Å². The molecule has 2 aromatic rings. The normalized spacial score (nSPS) is 25.0. The SMILES string of the molecule is CC1=CC(=O)C2=C(C1=O)C(c1cc(C)c(O)c(C)c1)C1=CCC3C(=O)N(N(C)c4nc(C(F)(F)F)ccc4Cl)C(=O)C3C1C2. The number of amides is 2. The predicted octanol–water partition coefficient (Wildman–Crippen LogP) is 5.56. The van der Waals surface area contributed by atoms with Crippen molar-refractivity contribution in [2.24, 2.45) is 17.8 Å². The van der Waals surface area contributed by atoms with E-state index in [4.69, 9.17) is 11.6 Å². The first-order valence-corrected chi connectivity index (χ1v) is 14.3. The summed E-state index contributed by atoms with van der Waals surface area (Å²) in [6, 6.07) is 5.22. The van der Waals surface area contributed by atoms with E-state index >= 15 is 0 Å². The lowest BCUT2D eigenvalue weighted by Gasteiger charge is -2.42. The number of pyridine rings is 1. The number of alkyl halides is 3. The number of anilines is 1. The van der Waals surface area contributed by atoms with E-state index in [0.717, 1.165) is 16.1 Å². The molecule has 4 aliphatic rings. The molecule has 1 N–H and O–H groups in total. The highest BCUT2D eigenvalue weighted by molar-refractivity contribution is 6.33. The Hall–Kier alpha value is -4.25. The van der Waals surface area contributed by atoms with E-state index in [1.54, 1.807) is 32.9 Å². The third kappa shape index (κ3) is 4.39. The van der Waals surface area contributed by atoms with Crippen molar-refractivity contribution < 1.29 is 37.5 Å². The van der Waals surface area contributed by atoms with Gasteiger partial charge in [-0.15, -0.1) is 0 Å². The van der Waals surface area contributed by atoms with E-state index in [-0.39, 0.29) is 40.8 Å². The number of aromatic hydroxyl groups is 1. The number of benzene rings is 1. The molecule has 228 valence electrons. The van der Waals surface area contributed by atoms with Crippen molar-refractivity contribution >= 4 is 40.8 Å². The Kier molecular flexibility index (Phi) is 6.88. The van der Waals surface area contributed by atoms with Crippen LogP contribution in [-0.4, -0.2) is 45.5 Å². The van der Waals surface area contributed by atoms with Crippen LogP contribution >= 0.6 is 11.6 Å². The van der Waals surface area contributed by atoms with Gasteiger partial charge >= 0.3 is 6.18 Å². The highest BCUT2D eigenvalue weighted by Gasteiger charge is 2.57. The minimum Gasteiger partial charge on any atom is -0.507 e. The number of phenolic OH excluding ortho intramolecular Hbond substituents is 1. The van der Waals surface area contributed by atoms with E-state index in [2.05, 4.69) is 4.98 Å². The molecule has 2 amide bonds. The molecule has 1 aromatic heterocycles. The number of carbonyl (C=O) groups excluding carboxylic acids is 4. The van der Waals surface area contributed by atoms with Crippen LogP contribution in [0.5, 0.6) is 5.75 Å². The van der Waals surface area contributed by atoms with Crippen LogP contribution in [0, 0.1) is 31.6 Å².